The number of hydrogen-bond acceptors (Lipinski definition) is 3. The lowest BCUT2D eigenvalue weighted by Crippen LogP contribution is -2.24. The number of ether oxygens (including phenoxy) is 1. The molecule has 0 amide bonds. The number of halogens is 3. The van der Waals surface area contributed by atoms with Gasteiger partial charge in [0.25, 0.3) is 3.79 Å². The van der Waals surface area contributed by atoms with Crippen LogP contribution >= 0.6 is 34.8 Å². The Bertz CT molecular complexity index is 210. The lowest BCUT2D eigenvalue weighted by atomic mass is 10.1. The highest BCUT2D eigenvalue weighted by Gasteiger charge is 2.30. The van der Waals surface area contributed by atoms with E-state index in [0.717, 1.165) is 0 Å². The summed E-state index contributed by atoms with van der Waals surface area (Å²) in [5, 5.41) is 7.08. The summed E-state index contributed by atoms with van der Waals surface area (Å²) in [5.41, 5.74) is 0. The first-order valence-electron chi connectivity index (χ1n) is 3.60. The van der Waals surface area contributed by atoms with E-state index in [1.807, 2.05) is 13.8 Å². The van der Waals surface area contributed by atoms with E-state index in [2.05, 4.69) is 4.74 Å². The lowest BCUT2D eigenvalue weighted by Gasteiger charge is -2.12. The number of carbonyl (C=O) groups is 1. The largest absolute Gasteiger partial charge is 0.407 e. The molecule has 0 aromatic carbocycles. The summed E-state index contributed by atoms with van der Waals surface area (Å²) in [4.78, 5) is 11.0. The van der Waals surface area contributed by atoms with Gasteiger partial charge >= 0.3 is 5.97 Å². The second kappa shape index (κ2) is 5.03. The first-order valence-corrected chi connectivity index (χ1v) is 4.73. The van der Waals surface area contributed by atoms with Crippen LogP contribution in [0.1, 0.15) is 20.3 Å². The minimum absolute atomic E-state index is 0.149. The van der Waals surface area contributed by atoms with Gasteiger partial charge in [0, 0.05) is 6.42 Å². The van der Waals surface area contributed by atoms with Gasteiger partial charge in [0.1, 0.15) is 0 Å². The van der Waals surface area contributed by atoms with Crippen molar-refractivity contribution in [3.63, 3.8) is 0 Å². The Balaban J connectivity index is 4.01. The van der Waals surface area contributed by atoms with Crippen molar-refractivity contribution < 1.29 is 9.53 Å². The van der Waals surface area contributed by atoms with E-state index in [1.165, 1.54) is 0 Å². The summed E-state index contributed by atoms with van der Waals surface area (Å²) in [7, 11) is 0. The van der Waals surface area contributed by atoms with Gasteiger partial charge in [-0.2, -0.15) is 0 Å². The standard InChI is InChI=1S/C7H10Cl3NO2/c1-4(2)3-5(12)13-6(11)7(8,9)10/h4,11H,3H2,1-2H3. The molecule has 0 fully saturated rings. The molecule has 6 heteroatoms. The molecule has 0 bridgehead atoms. The normalized spacial score (nSPS) is 11.5. The van der Waals surface area contributed by atoms with E-state index in [4.69, 9.17) is 40.2 Å². The van der Waals surface area contributed by atoms with Crippen LogP contribution in [0.15, 0.2) is 0 Å². The molecule has 0 saturated carbocycles. The topological polar surface area (TPSA) is 50.2 Å². The van der Waals surface area contributed by atoms with Gasteiger partial charge in [-0.25, -0.2) is 0 Å². The van der Waals surface area contributed by atoms with Crippen molar-refractivity contribution in [2.24, 2.45) is 5.92 Å². The average Bonchev–Trinajstić information content (AvgIpc) is 1.82. The van der Waals surface area contributed by atoms with Crippen LogP contribution in [0.4, 0.5) is 0 Å². The third-order valence-electron chi connectivity index (χ3n) is 1.05. The fourth-order valence-corrected chi connectivity index (χ4v) is 0.662. The predicted molar refractivity (Wildman–Crippen MR) is 53.6 cm³/mol. The summed E-state index contributed by atoms with van der Waals surface area (Å²) in [5.74, 6) is -1.08. The molecule has 3 nitrogen and oxygen atoms in total. The number of alkyl halides is 3. The Labute approximate surface area is 91.8 Å². The van der Waals surface area contributed by atoms with Gasteiger partial charge in [0.15, 0.2) is 0 Å². The minimum atomic E-state index is -1.97. The van der Waals surface area contributed by atoms with Crippen molar-refractivity contribution in [2.45, 2.75) is 24.1 Å². The van der Waals surface area contributed by atoms with Crippen LogP contribution in [0.2, 0.25) is 0 Å². The van der Waals surface area contributed by atoms with E-state index in [-0.39, 0.29) is 12.3 Å². The molecule has 0 heterocycles. The highest BCUT2D eigenvalue weighted by molar-refractivity contribution is 6.76. The zero-order chi connectivity index (χ0) is 10.6. The number of nitrogens with one attached hydrogen (secondary N) is 1. The van der Waals surface area contributed by atoms with Crippen LogP contribution in [-0.4, -0.2) is 15.7 Å². The summed E-state index contributed by atoms with van der Waals surface area (Å²) in [6.45, 7) is 3.69. The van der Waals surface area contributed by atoms with E-state index < -0.39 is 15.7 Å². The molecule has 0 aliphatic carbocycles. The second-order valence-corrected chi connectivity index (χ2v) is 5.18. The van der Waals surface area contributed by atoms with Gasteiger partial charge in [0.2, 0.25) is 5.90 Å². The highest BCUT2D eigenvalue weighted by atomic mass is 35.6. The molecule has 0 radical (unpaired) electrons. The predicted octanol–water partition coefficient (Wildman–Crippen LogP) is 2.92. The average molecular weight is 247 g/mol. The van der Waals surface area contributed by atoms with Crippen molar-refractivity contribution in [3.05, 3.63) is 0 Å². The van der Waals surface area contributed by atoms with Gasteiger partial charge in [0.05, 0.1) is 0 Å². The number of esters is 1. The molecule has 13 heavy (non-hydrogen) atoms. The Morgan fingerprint density at radius 3 is 2.23 bits per heavy atom. The van der Waals surface area contributed by atoms with Crippen LogP contribution < -0.4 is 0 Å². The lowest BCUT2D eigenvalue weighted by molar-refractivity contribution is -0.136. The summed E-state index contributed by atoms with van der Waals surface area (Å²) in [6.07, 6.45) is 0.198. The molecule has 76 valence electrons. The van der Waals surface area contributed by atoms with Gasteiger partial charge in [-0.3, -0.25) is 10.2 Å². The molecule has 0 unspecified atom stereocenters. The minimum Gasteiger partial charge on any atom is -0.407 e. The van der Waals surface area contributed by atoms with Crippen molar-refractivity contribution in [2.75, 3.05) is 0 Å². The monoisotopic (exact) mass is 245 g/mol. The quantitative estimate of drug-likeness (QED) is 0.352. The third kappa shape index (κ3) is 6.13. The Morgan fingerprint density at radius 2 is 1.92 bits per heavy atom. The third-order valence-corrected chi connectivity index (χ3v) is 1.56. The van der Waals surface area contributed by atoms with Gasteiger partial charge in [-0.1, -0.05) is 48.7 Å². The van der Waals surface area contributed by atoms with Crippen LogP contribution in [0, 0.1) is 11.3 Å². The van der Waals surface area contributed by atoms with Crippen LogP contribution in [0.3, 0.4) is 0 Å². The smallest absolute Gasteiger partial charge is 0.312 e. The molecule has 0 aromatic heterocycles. The summed E-state index contributed by atoms with van der Waals surface area (Å²) >= 11 is 15.9. The molecule has 0 rings (SSSR count). The molecule has 0 aliphatic heterocycles. The van der Waals surface area contributed by atoms with Crippen molar-refractivity contribution in [3.8, 4) is 0 Å². The van der Waals surface area contributed by atoms with E-state index >= 15 is 0 Å². The van der Waals surface area contributed by atoms with E-state index in [1.54, 1.807) is 0 Å². The molecule has 0 aromatic rings. The van der Waals surface area contributed by atoms with Gasteiger partial charge in [-0.15, -0.1) is 0 Å². The van der Waals surface area contributed by atoms with Crippen molar-refractivity contribution >= 4 is 46.7 Å². The highest BCUT2D eigenvalue weighted by Crippen LogP contribution is 2.27. The van der Waals surface area contributed by atoms with Gasteiger partial charge < -0.3 is 4.74 Å². The number of carbonyl (C=O) groups excluding carboxylic acids is 1. The second-order valence-electron chi connectivity index (χ2n) is 2.90. The first-order chi connectivity index (χ1) is 5.73. The fraction of sp³-hybridized carbons (Fsp3) is 0.714. The van der Waals surface area contributed by atoms with Crippen molar-refractivity contribution in [1.29, 1.82) is 5.41 Å². The van der Waals surface area contributed by atoms with E-state index in [9.17, 15) is 4.79 Å². The summed E-state index contributed by atoms with van der Waals surface area (Å²) in [6, 6.07) is 0. The molecule has 0 aliphatic rings. The maximum Gasteiger partial charge on any atom is 0.312 e. The fourth-order valence-electron chi connectivity index (χ4n) is 0.547. The molecule has 0 atom stereocenters. The zero-order valence-electron chi connectivity index (χ0n) is 7.23. The molecular weight excluding hydrogens is 236 g/mol. The summed E-state index contributed by atoms with van der Waals surface area (Å²) < 4.78 is 2.51. The Hall–Kier alpha value is 0.01000. The zero-order valence-corrected chi connectivity index (χ0v) is 9.50. The SMILES string of the molecule is CC(C)CC(=O)OC(=N)C(Cl)(Cl)Cl. The molecular formula is C7H10Cl3NO2. The Morgan fingerprint density at radius 1 is 1.46 bits per heavy atom. The molecule has 0 saturated heterocycles. The first kappa shape index (κ1) is 13.0. The van der Waals surface area contributed by atoms with Gasteiger partial charge in [-0.05, 0) is 5.92 Å². The van der Waals surface area contributed by atoms with Crippen molar-refractivity contribution in [1.82, 2.24) is 0 Å². The maximum atomic E-state index is 11.0. The molecule has 0 spiro atoms. The van der Waals surface area contributed by atoms with Crippen LogP contribution in [0.25, 0.3) is 0 Å². The molecule has 1 N–H and O–H groups in total. The van der Waals surface area contributed by atoms with Crippen LogP contribution in [-0.2, 0) is 9.53 Å². The van der Waals surface area contributed by atoms with Crippen LogP contribution in [0.5, 0.6) is 0 Å². The Kier molecular flexibility index (Phi) is 5.04. The maximum absolute atomic E-state index is 11.0. The van der Waals surface area contributed by atoms with E-state index in [0.29, 0.717) is 0 Å². The number of hydrogen-bond donors (Lipinski definition) is 1. The number of rotatable bonds is 2.